The molecule has 4 fully saturated rings. The van der Waals surface area contributed by atoms with Crippen LogP contribution in [0.3, 0.4) is 0 Å². The van der Waals surface area contributed by atoms with Crippen LogP contribution >= 0.6 is 0 Å². The van der Waals surface area contributed by atoms with Gasteiger partial charge in [-0.3, -0.25) is 24.2 Å². The van der Waals surface area contributed by atoms with E-state index in [1.807, 2.05) is 12.1 Å². The molecule has 6 rings (SSSR count). The first kappa shape index (κ1) is 35.8. The van der Waals surface area contributed by atoms with Crippen molar-refractivity contribution in [3.63, 3.8) is 0 Å². The van der Waals surface area contributed by atoms with Gasteiger partial charge in [0.2, 0.25) is 5.91 Å². The van der Waals surface area contributed by atoms with Crippen molar-refractivity contribution in [1.82, 2.24) is 4.98 Å². The number of fused-ring (bicyclic) bond motifs is 7. The first-order chi connectivity index (χ1) is 22.7. The minimum Gasteiger partial charge on any atom is -0.481 e. The third-order valence-corrected chi connectivity index (χ3v) is 15.2. The smallest absolute Gasteiger partial charge is 0.309 e. The SMILES string of the molecule is CC(C)C1=C2[C@H]3CCC4[C@@]5(C)CC[C@H](OC(=O)CC(C)(C)C(=O)O)C(C)(C)C5CC[C@@]4(C)[C@]3(C)CC[C@@]2(C(=O)Nc2cccnc2)CC1=O. The molecule has 2 unspecified atom stereocenters. The average Bonchev–Trinajstić information content (AvgIpc) is 3.32. The topological polar surface area (TPSA) is 123 Å². The molecular weight excluding hydrogens is 616 g/mol. The number of ether oxygens (including phenoxy) is 1. The van der Waals surface area contributed by atoms with Crippen molar-refractivity contribution in [2.45, 2.75) is 133 Å². The number of allylic oxidation sites excluding steroid dienone is 1. The molecule has 4 saturated carbocycles. The third kappa shape index (κ3) is 5.23. The number of carbonyl (C=O) groups excluding carboxylic acids is 3. The maximum absolute atomic E-state index is 14.4. The van der Waals surface area contributed by atoms with Crippen LogP contribution in [0.4, 0.5) is 5.69 Å². The van der Waals surface area contributed by atoms with Crippen molar-refractivity contribution in [3.8, 4) is 0 Å². The van der Waals surface area contributed by atoms with Crippen LogP contribution in [-0.4, -0.2) is 39.8 Å². The molecule has 49 heavy (non-hydrogen) atoms. The molecule has 5 aliphatic rings. The fraction of sp³-hybridized carbons (Fsp3) is 0.732. The summed E-state index contributed by atoms with van der Waals surface area (Å²) < 4.78 is 6.14. The van der Waals surface area contributed by atoms with Crippen LogP contribution < -0.4 is 5.32 Å². The van der Waals surface area contributed by atoms with Gasteiger partial charge in [-0.1, -0.05) is 48.5 Å². The van der Waals surface area contributed by atoms with Crippen molar-refractivity contribution >= 4 is 29.3 Å². The molecule has 1 aromatic rings. The molecule has 0 aromatic carbocycles. The van der Waals surface area contributed by atoms with Gasteiger partial charge in [0, 0.05) is 18.0 Å². The first-order valence-corrected chi connectivity index (χ1v) is 18.7. The molecule has 268 valence electrons. The van der Waals surface area contributed by atoms with Gasteiger partial charge in [-0.25, -0.2) is 0 Å². The Labute approximate surface area is 292 Å². The van der Waals surface area contributed by atoms with Crippen LogP contribution in [0.25, 0.3) is 0 Å². The Morgan fingerprint density at radius 2 is 1.69 bits per heavy atom. The summed E-state index contributed by atoms with van der Waals surface area (Å²) >= 11 is 0. The van der Waals surface area contributed by atoms with Gasteiger partial charge in [0.25, 0.3) is 0 Å². The van der Waals surface area contributed by atoms with Gasteiger partial charge >= 0.3 is 11.9 Å². The van der Waals surface area contributed by atoms with Crippen molar-refractivity contribution in [3.05, 3.63) is 35.7 Å². The lowest BCUT2D eigenvalue weighted by atomic mass is 9.33. The number of carboxylic acids is 1. The molecule has 1 aromatic heterocycles. The number of hydrogen-bond donors (Lipinski definition) is 2. The summed E-state index contributed by atoms with van der Waals surface area (Å²) in [6, 6.07) is 3.68. The van der Waals surface area contributed by atoms with E-state index < -0.39 is 22.8 Å². The average molecular weight is 675 g/mol. The molecule has 1 amide bonds. The largest absolute Gasteiger partial charge is 0.481 e. The summed E-state index contributed by atoms with van der Waals surface area (Å²) in [6.07, 6.45) is 10.6. The standard InChI is InChI=1S/C41H58N2O6/c1-24(2)32-27(44)21-41(34(46)43-25-11-10-20-42-23-25)19-18-39(8)26(33(32)41)12-13-29-38(7)16-15-30(49-31(45)22-36(3,4)35(47)48)37(5,6)28(38)14-17-40(29,39)9/h10-11,20,23-24,26,28-30H,12-19,21-22H2,1-9H3,(H,43,46)(H,47,48)/t26-,28?,29?,30+,38+,39-,40-,41-/m1/s1. The summed E-state index contributed by atoms with van der Waals surface area (Å²) in [6.45, 7) is 19.4. The second-order valence-electron chi connectivity index (χ2n) is 18.7. The normalized spacial score (nSPS) is 38.2. The molecule has 0 saturated heterocycles. The van der Waals surface area contributed by atoms with Crippen LogP contribution in [0.5, 0.6) is 0 Å². The number of aliphatic carboxylic acids is 1. The van der Waals surface area contributed by atoms with E-state index in [1.165, 1.54) is 0 Å². The number of Topliss-reactive ketones (excluding diaryl/α,β-unsaturated/α-hetero) is 1. The molecule has 8 nitrogen and oxygen atoms in total. The number of ketones is 1. The summed E-state index contributed by atoms with van der Waals surface area (Å²) in [5.41, 5.74) is 0.432. The van der Waals surface area contributed by atoms with Gasteiger partial charge in [0.15, 0.2) is 5.78 Å². The number of anilines is 1. The van der Waals surface area contributed by atoms with Crippen LogP contribution in [0.1, 0.15) is 127 Å². The number of hydrogen-bond acceptors (Lipinski definition) is 6. The molecule has 8 atom stereocenters. The Kier molecular flexibility index (Phi) is 8.59. The Morgan fingerprint density at radius 1 is 0.980 bits per heavy atom. The zero-order chi connectivity index (χ0) is 35.9. The lowest BCUT2D eigenvalue weighted by Gasteiger charge is -2.72. The number of carbonyl (C=O) groups is 4. The maximum atomic E-state index is 14.4. The van der Waals surface area contributed by atoms with Gasteiger partial charge in [-0.2, -0.15) is 0 Å². The zero-order valence-corrected chi connectivity index (χ0v) is 31.2. The number of esters is 1. The Balaban J connectivity index is 1.31. The number of nitrogens with one attached hydrogen (secondary N) is 1. The van der Waals surface area contributed by atoms with Crippen molar-refractivity contribution in [2.75, 3.05) is 5.32 Å². The van der Waals surface area contributed by atoms with E-state index in [0.717, 1.165) is 56.1 Å². The highest BCUT2D eigenvalue weighted by Crippen LogP contribution is 2.76. The van der Waals surface area contributed by atoms with E-state index in [0.29, 0.717) is 23.9 Å². The van der Waals surface area contributed by atoms with Crippen LogP contribution in [0.15, 0.2) is 35.7 Å². The molecule has 0 aliphatic heterocycles. The number of carboxylic acid groups (broad SMARTS) is 1. The maximum Gasteiger partial charge on any atom is 0.309 e. The quantitative estimate of drug-likeness (QED) is 0.279. The zero-order valence-electron chi connectivity index (χ0n) is 31.2. The summed E-state index contributed by atoms with van der Waals surface area (Å²) in [5, 5.41) is 12.7. The third-order valence-electron chi connectivity index (χ3n) is 15.2. The Morgan fingerprint density at radius 3 is 2.33 bits per heavy atom. The Hall–Kier alpha value is -3.03. The number of nitrogens with zero attached hydrogens (tertiary/aromatic N) is 1. The fourth-order valence-corrected chi connectivity index (χ4v) is 12.4. The van der Waals surface area contributed by atoms with Crippen molar-refractivity contribution in [2.24, 2.45) is 56.2 Å². The first-order valence-electron chi connectivity index (χ1n) is 18.7. The molecular formula is C41H58N2O6. The van der Waals surface area contributed by atoms with Gasteiger partial charge in [-0.15, -0.1) is 0 Å². The lowest BCUT2D eigenvalue weighted by molar-refractivity contribution is -0.233. The molecule has 8 heteroatoms. The van der Waals surface area contributed by atoms with E-state index in [9.17, 15) is 24.3 Å². The molecule has 0 spiro atoms. The second-order valence-corrected chi connectivity index (χ2v) is 18.7. The van der Waals surface area contributed by atoms with E-state index in [1.54, 1.807) is 26.2 Å². The van der Waals surface area contributed by atoms with Crippen LogP contribution in [-0.2, 0) is 23.9 Å². The highest BCUT2D eigenvalue weighted by molar-refractivity contribution is 6.09. The van der Waals surface area contributed by atoms with Gasteiger partial charge in [0.1, 0.15) is 6.10 Å². The molecule has 2 N–H and O–H groups in total. The number of pyridine rings is 1. The summed E-state index contributed by atoms with van der Waals surface area (Å²) in [4.78, 5) is 57.2. The predicted molar refractivity (Wildman–Crippen MR) is 188 cm³/mol. The summed E-state index contributed by atoms with van der Waals surface area (Å²) in [7, 11) is 0. The van der Waals surface area contributed by atoms with E-state index in [2.05, 4.69) is 58.8 Å². The number of aromatic nitrogens is 1. The molecule has 0 bridgehead atoms. The minimum absolute atomic E-state index is 0.0129. The highest BCUT2D eigenvalue weighted by atomic mass is 16.5. The highest BCUT2D eigenvalue weighted by Gasteiger charge is 2.71. The van der Waals surface area contributed by atoms with Gasteiger partial charge in [0.05, 0.1) is 29.1 Å². The summed E-state index contributed by atoms with van der Waals surface area (Å²) in [5.74, 6) is -0.330. The van der Waals surface area contributed by atoms with Crippen LogP contribution in [0, 0.1) is 56.2 Å². The van der Waals surface area contributed by atoms with Crippen molar-refractivity contribution in [1.29, 1.82) is 0 Å². The molecule has 1 heterocycles. The second kappa shape index (κ2) is 11.8. The van der Waals surface area contributed by atoms with E-state index >= 15 is 0 Å². The van der Waals surface area contributed by atoms with Gasteiger partial charge in [-0.05, 0) is 128 Å². The van der Waals surface area contributed by atoms with E-state index in [4.69, 9.17) is 4.74 Å². The minimum atomic E-state index is -1.17. The molecule has 5 aliphatic carbocycles. The fourth-order valence-electron chi connectivity index (χ4n) is 12.4. The van der Waals surface area contributed by atoms with Crippen molar-refractivity contribution < 1.29 is 29.0 Å². The van der Waals surface area contributed by atoms with E-state index in [-0.39, 0.29) is 64.1 Å². The van der Waals surface area contributed by atoms with Gasteiger partial charge < -0.3 is 15.2 Å². The number of amides is 1. The monoisotopic (exact) mass is 674 g/mol. The molecule has 0 radical (unpaired) electrons. The lowest BCUT2D eigenvalue weighted by Crippen LogP contribution is -2.66. The van der Waals surface area contributed by atoms with Crippen LogP contribution in [0.2, 0.25) is 0 Å². The Bertz CT molecular complexity index is 1580. The number of rotatable bonds is 7. The predicted octanol–water partition coefficient (Wildman–Crippen LogP) is 8.41.